The Morgan fingerprint density at radius 1 is 1.37 bits per heavy atom. The van der Waals surface area contributed by atoms with E-state index in [0.29, 0.717) is 6.04 Å². The zero-order valence-corrected chi connectivity index (χ0v) is 12.0. The highest BCUT2D eigenvalue weighted by atomic mass is 35.5. The molecule has 1 unspecified atom stereocenters. The molecule has 2 aromatic rings. The minimum atomic E-state index is 0.372. The first-order valence-corrected chi connectivity index (χ1v) is 7.13. The van der Waals surface area contributed by atoms with Crippen LogP contribution in [-0.2, 0) is 6.54 Å². The molecule has 102 valence electrons. The lowest BCUT2D eigenvalue weighted by atomic mass is 10.0. The van der Waals surface area contributed by atoms with Crippen LogP contribution in [0.15, 0.2) is 42.7 Å². The van der Waals surface area contributed by atoms with Crippen molar-refractivity contribution in [3.8, 4) is 0 Å². The average molecular weight is 278 g/mol. The Morgan fingerprint density at radius 3 is 2.95 bits per heavy atom. The molecule has 0 saturated carbocycles. The number of benzene rings is 1. The lowest BCUT2D eigenvalue weighted by Crippen LogP contribution is -2.23. The summed E-state index contributed by atoms with van der Waals surface area (Å²) >= 11 is 6.04. The minimum absolute atomic E-state index is 0.372. The first-order chi connectivity index (χ1) is 9.29. The first-order valence-electron chi connectivity index (χ1n) is 6.76. The summed E-state index contributed by atoms with van der Waals surface area (Å²) in [6, 6.07) is 10.4. The van der Waals surface area contributed by atoms with Gasteiger partial charge >= 0.3 is 0 Å². The van der Waals surface area contributed by atoms with Crippen LogP contribution >= 0.6 is 11.6 Å². The van der Waals surface area contributed by atoms with E-state index >= 15 is 0 Å². The summed E-state index contributed by atoms with van der Waals surface area (Å²) < 4.78 is 1.96. The quantitative estimate of drug-likeness (QED) is 0.783. The molecule has 0 amide bonds. The molecule has 3 nitrogen and oxygen atoms in total. The van der Waals surface area contributed by atoms with E-state index in [1.54, 1.807) is 0 Å². The third kappa shape index (κ3) is 4.37. The second-order valence-electron chi connectivity index (χ2n) is 4.59. The second-order valence-corrected chi connectivity index (χ2v) is 5.03. The van der Waals surface area contributed by atoms with Gasteiger partial charge in [0.2, 0.25) is 0 Å². The predicted octanol–water partition coefficient (Wildman–Crippen LogP) is 3.67. The number of hydrogen-bond donors (Lipinski definition) is 1. The number of aromatic nitrogens is 2. The third-order valence-corrected chi connectivity index (χ3v) is 3.41. The van der Waals surface area contributed by atoms with Crippen molar-refractivity contribution < 1.29 is 0 Å². The van der Waals surface area contributed by atoms with Gasteiger partial charge in [-0.1, -0.05) is 30.7 Å². The molecule has 0 fully saturated rings. The molecule has 0 saturated heterocycles. The van der Waals surface area contributed by atoms with Gasteiger partial charge in [0.15, 0.2) is 0 Å². The predicted molar refractivity (Wildman–Crippen MR) is 79.3 cm³/mol. The summed E-state index contributed by atoms with van der Waals surface area (Å²) in [7, 11) is 0. The van der Waals surface area contributed by atoms with Crippen molar-refractivity contribution in [1.82, 2.24) is 15.1 Å². The summed E-state index contributed by atoms with van der Waals surface area (Å²) in [6.45, 7) is 4.11. The van der Waals surface area contributed by atoms with Crippen LogP contribution in [0.5, 0.6) is 0 Å². The fraction of sp³-hybridized carbons (Fsp3) is 0.400. The van der Waals surface area contributed by atoms with Crippen LogP contribution in [-0.4, -0.2) is 16.3 Å². The summed E-state index contributed by atoms with van der Waals surface area (Å²) in [4.78, 5) is 0. The van der Waals surface area contributed by atoms with Gasteiger partial charge in [-0.05, 0) is 43.1 Å². The van der Waals surface area contributed by atoms with Crippen LogP contribution in [0.25, 0.3) is 0 Å². The lowest BCUT2D eigenvalue weighted by molar-refractivity contribution is 0.479. The van der Waals surface area contributed by atoms with Gasteiger partial charge in [-0.3, -0.25) is 4.68 Å². The number of hydrogen-bond acceptors (Lipinski definition) is 2. The SMILES string of the molecule is CCC(NCCCn1cccn1)c1cccc(Cl)c1. The molecular weight excluding hydrogens is 258 g/mol. The molecule has 0 aliphatic rings. The van der Waals surface area contributed by atoms with Crippen molar-refractivity contribution in [2.75, 3.05) is 6.54 Å². The van der Waals surface area contributed by atoms with E-state index in [2.05, 4.69) is 23.4 Å². The average Bonchev–Trinajstić information content (AvgIpc) is 2.92. The third-order valence-electron chi connectivity index (χ3n) is 3.17. The van der Waals surface area contributed by atoms with Gasteiger partial charge in [0, 0.05) is 30.0 Å². The fourth-order valence-electron chi connectivity index (χ4n) is 2.17. The van der Waals surface area contributed by atoms with Crippen molar-refractivity contribution in [2.45, 2.75) is 32.4 Å². The lowest BCUT2D eigenvalue weighted by Gasteiger charge is -2.17. The van der Waals surface area contributed by atoms with Crippen molar-refractivity contribution in [2.24, 2.45) is 0 Å². The Hall–Kier alpha value is -1.32. The highest BCUT2D eigenvalue weighted by molar-refractivity contribution is 6.30. The summed E-state index contributed by atoms with van der Waals surface area (Å²) in [5.41, 5.74) is 1.26. The van der Waals surface area contributed by atoms with Gasteiger partial charge in [0.1, 0.15) is 0 Å². The Balaban J connectivity index is 1.79. The molecule has 1 N–H and O–H groups in total. The molecule has 1 aromatic heterocycles. The van der Waals surface area contributed by atoms with Crippen LogP contribution in [0.2, 0.25) is 5.02 Å². The zero-order chi connectivity index (χ0) is 13.5. The molecule has 2 rings (SSSR count). The van der Waals surface area contributed by atoms with E-state index in [9.17, 15) is 0 Å². The number of halogens is 1. The molecule has 1 heterocycles. The smallest absolute Gasteiger partial charge is 0.0489 e. The second kappa shape index (κ2) is 7.31. The van der Waals surface area contributed by atoms with E-state index in [4.69, 9.17) is 11.6 Å². The zero-order valence-electron chi connectivity index (χ0n) is 11.2. The molecule has 4 heteroatoms. The van der Waals surface area contributed by atoms with E-state index in [1.807, 2.05) is 41.3 Å². The number of aryl methyl sites for hydroxylation is 1. The highest BCUT2D eigenvalue weighted by Crippen LogP contribution is 2.20. The Kier molecular flexibility index (Phi) is 5.43. The van der Waals surface area contributed by atoms with E-state index < -0.39 is 0 Å². The largest absolute Gasteiger partial charge is 0.310 e. The molecule has 0 spiro atoms. The summed E-state index contributed by atoms with van der Waals surface area (Å²) in [6.07, 6.45) is 5.93. The Morgan fingerprint density at radius 2 is 2.26 bits per heavy atom. The summed E-state index contributed by atoms with van der Waals surface area (Å²) in [5, 5.41) is 8.57. The Labute approximate surface area is 119 Å². The van der Waals surface area contributed by atoms with Crippen molar-refractivity contribution >= 4 is 11.6 Å². The fourth-order valence-corrected chi connectivity index (χ4v) is 2.37. The number of nitrogens with one attached hydrogen (secondary N) is 1. The standard InChI is InChI=1S/C15H20ClN3/c1-2-15(13-6-3-7-14(16)12-13)17-8-4-10-19-11-5-9-18-19/h3,5-7,9,11-12,15,17H,2,4,8,10H2,1H3. The van der Waals surface area contributed by atoms with Gasteiger partial charge in [-0.15, -0.1) is 0 Å². The number of nitrogens with zero attached hydrogens (tertiary/aromatic N) is 2. The van der Waals surface area contributed by atoms with Gasteiger partial charge in [0.25, 0.3) is 0 Å². The molecule has 0 radical (unpaired) electrons. The van der Waals surface area contributed by atoms with Crippen LogP contribution in [0.3, 0.4) is 0 Å². The molecule has 1 atom stereocenters. The van der Waals surface area contributed by atoms with Gasteiger partial charge in [-0.25, -0.2) is 0 Å². The van der Waals surface area contributed by atoms with Crippen molar-refractivity contribution in [1.29, 1.82) is 0 Å². The van der Waals surface area contributed by atoms with Crippen LogP contribution in [0.4, 0.5) is 0 Å². The minimum Gasteiger partial charge on any atom is -0.310 e. The molecule has 0 aliphatic heterocycles. The summed E-state index contributed by atoms with van der Waals surface area (Å²) in [5.74, 6) is 0. The first kappa shape index (κ1) is 14.1. The molecule has 0 bridgehead atoms. The molecule has 1 aromatic carbocycles. The van der Waals surface area contributed by atoms with Crippen LogP contribution in [0, 0.1) is 0 Å². The van der Waals surface area contributed by atoms with Gasteiger partial charge in [0.05, 0.1) is 0 Å². The Bertz CT molecular complexity index is 482. The number of rotatable bonds is 7. The van der Waals surface area contributed by atoms with Crippen molar-refractivity contribution in [3.63, 3.8) is 0 Å². The van der Waals surface area contributed by atoms with E-state index in [-0.39, 0.29) is 0 Å². The molecular formula is C15H20ClN3. The van der Waals surface area contributed by atoms with Crippen LogP contribution in [0.1, 0.15) is 31.4 Å². The van der Waals surface area contributed by atoms with Gasteiger partial charge in [-0.2, -0.15) is 5.10 Å². The van der Waals surface area contributed by atoms with E-state index in [1.165, 1.54) is 5.56 Å². The normalized spacial score (nSPS) is 12.5. The maximum atomic E-state index is 6.04. The van der Waals surface area contributed by atoms with Crippen LogP contribution < -0.4 is 5.32 Å². The topological polar surface area (TPSA) is 29.9 Å². The molecule has 0 aliphatic carbocycles. The van der Waals surface area contributed by atoms with E-state index in [0.717, 1.165) is 31.0 Å². The maximum absolute atomic E-state index is 6.04. The monoisotopic (exact) mass is 277 g/mol. The highest BCUT2D eigenvalue weighted by Gasteiger charge is 2.08. The maximum Gasteiger partial charge on any atom is 0.0489 e. The van der Waals surface area contributed by atoms with Gasteiger partial charge < -0.3 is 5.32 Å². The molecule has 19 heavy (non-hydrogen) atoms. The van der Waals surface area contributed by atoms with Crippen molar-refractivity contribution in [3.05, 3.63) is 53.3 Å².